The molecule has 3 aromatic rings. The Bertz CT molecular complexity index is 1330. The number of azo groups is 1. The standard InChI is InChI=1S/C19H18N6O7S3/c1-25(5-2-6-35(30,31)32)13-3-4-15(20-10-13)21-22-18-23-24-19(34-18)33-14-8-11(16(26)27)7-12(9-14)17(28)29/h3-4,7-10H,2,5-6H2,1H3,(H,26,27)(H,28,29)(H,30,31,32). The fourth-order valence-corrected chi connectivity index (χ4v) is 4.89. The van der Waals surface area contributed by atoms with Crippen molar-refractivity contribution < 1.29 is 32.8 Å². The third-order valence-electron chi connectivity index (χ3n) is 4.31. The first-order valence-electron chi connectivity index (χ1n) is 9.67. The van der Waals surface area contributed by atoms with Crippen LogP contribution in [0.25, 0.3) is 0 Å². The van der Waals surface area contributed by atoms with Gasteiger partial charge in [0.25, 0.3) is 15.2 Å². The Hall–Kier alpha value is -3.47. The minimum absolute atomic E-state index is 0.157. The fourth-order valence-electron chi connectivity index (χ4n) is 2.66. The number of anilines is 1. The Kier molecular flexibility index (Phi) is 8.44. The molecule has 16 heteroatoms. The molecule has 35 heavy (non-hydrogen) atoms. The van der Waals surface area contributed by atoms with Gasteiger partial charge >= 0.3 is 11.9 Å². The Morgan fingerprint density at radius 1 is 1.09 bits per heavy atom. The SMILES string of the molecule is CN(CCCS(=O)(=O)O)c1ccc(N=Nc2nnc(Sc3cc(C(=O)O)cc(C(=O)O)c3)s2)nc1. The lowest BCUT2D eigenvalue weighted by Gasteiger charge is -2.18. The van der Waals surface area contributed by atoms with Crippen molar-refractivity contribution in [1.29, 1.82) is 0 Å². The first kappa shape index (κ1) is 26.1. The summed E-state index contributed by atoms with van der Waals surface area (Å²) in [5, 5.41) is 34.4. The third kappa shape index (κ3) is 8.06. The van der Waals surface area contributed by atoms with Crippen LogP contribution in [0.15, 0.2) is 56.0 Å². The van der Waals surface area contributed by atoms with E-state index in [9.17, 15) is 28.2 Å². The molecule has 13 nitrogen and oxygen atoms in total. The van der Waals surface area contributed by atoms with Crippen LogP contribution < -0.4 is 4.90 Å². The van der Waals surface area contributed by atoms with Gasteiger partial charge in [0.05, 0.1) is 28.8 Å². The maximum atomic E-state index is 11.3. The molecule has 0 saturated heterocycles. The van der Waals surface area contributed by atoms with Gasteiger partial charge < -0.3 is 15.1 Å². The molecule has 0 saturated carbocycles. The van der Waals surface area contributed by atoms with Gasteiger partial charge in [0.15, 0.2) is 10.2 Å². The lowest BCUT2D eigenvalue weighted by Crippen LogP contribution is -2.21. The molecule has 1 aromatic carbocycles. The van der Waals surface area contributed by atoms with Gasteiger partial charge in [0.1, 0.15) is 0 Å². The molecule has 0 aliphatic carbocycles. The molecule has 2 heterocycles. The van der Waals surface area contributed by atoms with Gasteiger partial charge in [-0.2, -0.15) is 8.42 Å². The summed E-state index contributed by atoms with van der Waals surface area (Å²) in [5.41, 5.74) is 0.407. The molecule has 184 valence electrons. The van der Waals surface area contributed by atoms with Crippen LogP contribution in [0.4, 0.5) is 16.6 Å². The molecule has 0 aliphatic rings. The van der Waals surface area contributed by atoms with Crippen LogP contribution in [0.2, 0.25) is 0 Å². The number of rotatable bonds is 11. The van der Waals surface area contributed by atoms with E-state index in [-0.39, 0.29) is 28.4 Å². The van der Waals surface area contributed by atoms with Crippen LogP contribution in [0.3, 0.4) is 0 Å². The van der Waals surface area contributed by atoms with E-state index in [1.807, 2.05) is 0 Å². The molecule has 0 amide bonds. The topological polar surface area (TPSA) is 196 Å². The highest BCUT2D eigenvalue weighted by Crippen LogP contribution is 2.34. The van der Waals surface area contributed by atoms with Crippen molar-refractivity contribution in [3.63, 3.8) is 0 Å². The van der Waals surface area contributed by atoms with Gasteiger partial charge in [-0.05, 0) is 36.8 Å². The van der Waals surface area contributed by atoms with E-state index in [1.165, 1.54) is 12.1 Å². The largest absolute Gasteiger partial charge is 0.478 e. The maximum Gasteiger partial charge on any atom is 0.335 e. The second-order valence-corrected chi connectivity index (χ2v) is 10.8. The molecule has 0 atom stereocenters. The lowest BCUT2D eigenvalue weighted by atomic mass is 10.1. The molecular formula is C19H18N6O7S3. The molecule has 0 spiro atoms. The summed E-state index contributed by atoms with van der Waals surface area (Å²) in [6, 6.07) is 7.09. The monoisotopic (exact) mass is 538 g/mol. The van der Waals surface area contributed by atoms with Gasteiger partial charge in [-0.3, -0.25) is 4.55 Å². The Morgan fingerprint density at radius 2 is 1.77 bits per heavy atom. The van der Waals surface area contributed by atoms with Crippen molar-refractivity contribution in [3.05, 3.63) is 47.7 Å². The second kappa shape index (κ2) is 11.3. The van der Waals surface area contributed by atoms with E-state index in [0.717, 1.165) is 34.9 Å². The van der Waals surface area contributed by atoms with Crippen LogP contribution >= 0.6 is 23.1 Å². The van der Waals surface area contributed by atoms with Crippen LogP contribution in [-0.4, -0.2) is 69.6 Å². The normalized spacial score (nSPS) is 11.6. The van der Waals surface area contributed by atoms with Gasteiger partial charge in [0, 0.05) is 18.5 Å². The summed E-state index contributed by atoms with van der Waals surface area (Å²) in [6.07, 6.45) is 1.80. The number of nitrogens with zero attached hydrogens (tertiary/aromatic N) is 6. The van der Waals surface area contributed by atoms with E-state index < -0.39 is 22.1 Å². The van der Waals surface area contributed by atoms with Crippen LogP contribution in [0.5, 0.6) is 0 Å². The number of aromatic nitrogens is 3. The molecule has 0 fully saturated rings. The fraction of sp³-hybridized carbons (Fsp3) is 0.211. The molecule has 0 aliphatic heterocycles. The van der Waals surface area contributed by atoms with Crippen molar-refractivity contribution in [2.45, 2.75) is 15.7 Å². The Balaban J connectivity index is 1.63. The molecule has 3 N–H and O–H groups in total. The number of benzene rings is 1. The third-order valence-corrected chi connectivity index (χ3v) is 6.94. The zero-order valence-corrected chi connectivity index (χ0v) is 20.4. The van der Waals surface area contributed by atoms with E-state index >= 15 is 0 Å². The van der Waals surface area contributed by atoms with Crippen molar-refractivity contribution >= 4 is 61.8 Å². The number of pyridine rings is 1. The van der Waals surface area contributed by atoms with Crippen LogP contribution in [0.1, 0.15) is 27.1 Å². The molecule has 3 rings (SSSR count). The summed E-state index contributed by atoms with van der Waals surface area (Å²) < 4.78 is 30.8. The predicted octanol–water partition coefficient (Wildman–Crippen LogP) is 3.61. The summed E-state index contributed by atoms with van der Waals surface area (Å²) in [4.78, 5) is 28.8. The van der Waals surface area contributed by atoms with E-state index in [0.29, 0.717) is 21.6 Å². The van der Waals surface area contributed by atoms with Gasteiger partial charge in [-0.15, -0.1) is 20.4 Å². The van der Waals surface area contributed by atoms with Crippen LogP contribution in [-0.2, 0) is 10.1 Å². The average molecular weight is 539 g/mol. The van der Waals surface area contributed by atoms with Crippen molar-refractivity contribution in [2.24, 2.45) is 10.2 Å². The highest BCUT2D eigenvalue weighted by atomic mass is 32.2. The second-order valence-electron chi connectivity index (χ2n) is 6.94. The van der Waals surface area contributed by atoms with E-state index in [4.69, 9.17) is 4.55 Å². The van der Waals surface area contributed by atoms with E-state index in [1.54, 1.807) is 30.3 Å². The molecule has 0 radical (unpaired) electrons. The van der Waals surface area contributed by atoms with Crippen molar-refractivity contribution in [3.8, 4) is 0 Å². The molecule has 0 bridgehead atoms. The predicted molar refractivity (Wildman–Crippen MR) is 127 cm³/mol. The number of hydrogen-bond donors (Lipinski definition) is 3. The van der Waals surface area contributed by atoms with Crippen molar-refractivity contribution in [1.82, 2.24) is 15.2 Å². The van der Waals surface area contributed by atoms with Crippen molar-refractivity contribution in [2.75, 3.05) is 24.2 Å². The smallest absolute Gasteiger partial charge is 0.335 e. The lowest BCUT2D eigenvalue weighted by molar-refractivity contribution is 0.0696. The first-order chi connectivity index (χ1) is 16.5. The molecule has 0 unspecified atom stereocenters. The summed E-state index contributed by atoms with van der Waals surface area (Å²) in [6.45, 7) is 0.400. The average Bonchev–Trinajstić information content (AvgIpc) is 3.24. The highest BCUT2D eigenvalue weighted by molar-refractivity contribution is 8.01. The quantitative estimate of drug-likeness (QED) is 0.237. The molecule has 2 aromatic heterocycles. The minimum Gasteiger partial charge on any atom is -0.478 e. The van der Waals surface area contributed by atoms with Gasteiger partial charge in [0.2, 0.25) is 0 Å². The van der Waals surface area contributed by atoms with E-state index in [2.05, 4.69) is 25.4 Å². The first-order valence-corrected chi connectivity index (χ1v) is 12.9. The number of hydrogen-bond acceptors (Lipinski definition) is 12. The Labute approximate surface area is 207 Å². The summed E-state index contributed by atoms with van der Waals surface area (Å²) >= 11 is 2.12. The van der Waals surface area contributed by atoms with Crippen LogP contribution in [0, 0.1) is 0 Å². The summed E-state index contributed by atoms with van der Waals surface area (Å²) in [7, 11) is -2.24. The number of carbonyl (C=O) groups is 2. The molecular weight excluding hydrogens is 520 g/mol. The van der Waals surface area contributed by atoms with Gasteiger partial charge in [-0.25, -0.2) is 14.6 Å². The summed E-state index contributed by atoms with van der Waals surface area (Å²) in [5.74, 6) is -2.52. The number of aromatic carboxylic acids is 2. The maximum absolute atomic E-state index is 11.3. The minimum atomic E-state index is -4.00. The number of carboxylic acids is 2. The zero-order valence-electron chi connectivity index (χ0n) is 18.0. The zero-order chi connectivity index (χ0) is 25.6. The Morgan fingerprint density at radius 3 is 2.34 bits per heavy atom. The number of carboxylic acid groups (broad SMARTS) is 2. The highest BCUT2D eigenvalue weighted by Gasteiger charge is 2.14. The van der Waals surface area contributed by atoms with Gasteiger partial charge in [-0.1, -0.05) is 23.1 Å².